The van der Waals surface area contributed by atoms with Crippen LogP contribution in [0.5, 0.6) is 17.2 Å². The summed E-state index contributed by atoms with van der Waals surface area (Å²) in [6.07, 6.45) is 4.95. The lowest BCUT2D eigenvalue weighted by molar-refractivity contribution is -0.141. The number of aliphatic hydroxyl groups excluding tert-OH is 1. The number of Topliss-reactive ketones (excluding diaryl/α,β-unsaturated/α-hetero) is 2. The Bertz CT molecular complexity index is 1420. The van der Waals surface area contributed by atoms with Gasteiger partial charge in [0.05, 0.1) is 45.8 Å². The van der Waals surface area contributed by atoms with Crippen LogP contribution < -0.4 is 19.5 Å². The Balaban J connectivity index is 1.48. The topological polar surface area (TPSA) is 156 Å². The van der Waals surface area contributed by atoms with Crippen molar-refractivity contribution < 1.29 is 52.7 Å². The van der Waals surface area contributed by atoms with Gasteiger partial charge in [-0.25, -0.2) is 0 Å². The molecule has 2 N–H and O–H groups in total. The average molecular weight is 626 g/mol. The summed E-state index contributed by atoms with van der Waals surface area (Å²) in [7, 11) is 4.08. The quantitative estimate of drug-likeness (QED) is 0.113. The summed E-state index contributed by atoms with van der Waals surface area (Å²) in [5, 5.41) is 12.9. The van der Waals surface area contributed by atoms with E-state index in [0.717, 1.165) is 5.56 Å². The highest BCUT2D eigenvalue weighted by molar-refractivity contribution is 6.27. The number of ether oxygens (including phenoxy) is 6. The van der Waals surface area contributed by atoms with Crippen molar-refractivity contribution >= 4 is 35.3 Å². The molecule has 0 saturated carbocycles. The zero-order valence-corrected chi connectivity index (χ0v) is 25.7. The minimum absolute atomic E-state index is 0.183. The third-order valence-corrected chi connectivity index (χ3v) is 7.51. The smallest absolute Gasteiger partial charge is 0.305 e. The third kappa shape index (κ3) is 8.61. The molecule has 2 aromatic carbocycles. The molecule has 242 valence electrons. The van der Waals surface area contributed by atoms with E-state index in [-0.39, 0.29) is 49.6 Å². The summed E-state index contributed by atoms with van der Waals surface area (Å²) in [6.45, 7) is 0.802. The summed E-state index contributed by atoms with van der Waals surface area (Å²) >= 11 is 0. The van der Waals surface area contributed by atoms with Crippen molar-refractivity contribution in [3.05, 3.63) is 53.1 Å². The molecule has 1 heterocycles. The molecule has 0 aromatic heterocycles. The summed E-state index contributed by atoms with van der Waals surface area (Å²) < 4.78 is 31.9. The molecule has 1 aliphatic carbocycles. The lowest BCUT2D eigenvalue weighted by Gasteiger charge is -2.28. The number of carbonyl (C=O) groups excluding carboxylic acids is 4. The summed E-state index contributed by atoms with van der Waals surface area (Å²) in [5.74, 6) is -0.859. The van der Waals surface area contributed by atoms with Crippen molar-refractivity contribution in [2.45, 2.75) is 50.9 Å². The number of rotatable bonds is 17. The first-order valence-electron chi connectivity index (χ1n) is 14.8. The largest absolute Gasteiger partial charge is 0.494 e. The fourth-order valence-corrected chi connectivity index (χ4v) is 5.10. The van der Waals surface area contributed by atoms with E-state index < -0.39 is 18.2 Å². The summed E-state index contributed by atoms with van der Waals surface area (Å²) in [6, 6.07) is 7.70. The maximum Gasteiger partial charge on any atom is 0.305 e. The molecule has 3 unspecified atom stereocenters. The highest BCUT2D eigenvalue weighted by atomic mass is 16.6. The number of hydrogen-bond donors (Lipinski definition) is 2. The van der Waals surface area contributed by atoms with Crippen LogP contribution in [0.25, 0.3) is 6.08 Å². The number of methoxy groups -OCH3 is 3. The average Bonchev–Trinajstić information content (AvgIpc) is 3.30. The highest BCUT2D eigenvalue weighted by Gasteiger charge is 2.44. The first kappa shape index (κ1) is 33.5. The molecule has 12 nitrogen and oxygen atoms in total. The monoisotopic (exact) mass is 625 g/mol. The molecule has 0 bridgehead atoms. The fraction of sp³-hybridized carbons (Fsp3) is 0.455. The maximum absolute atomic E-state index is 13.6. The summed E-state index contributed by atoms with van der Waals surface area (Å²) in [4.78, 5) is 50.0. The first-order chi connectivity index (χ1) is 21.7. The van der Waals surface area contributed by atoms with Crippen molar-refractivity contribution in [3.8, 4) is 17.2 Å². The van der Waals surface area contributed by atoms with Crippen LogP contribution in [0.1, 0.15) is 64.8 Å². The molecule has 0 spiro atoms. The molecule has 2 aromatic rings. The first-order valence-corrected chi connectivity index (χ1v) is 14.8. The van der Waals surface area contributed by atoms with Gasteiger partial charge >= 0.3 is 11.9 Å². The van der Waals surface area contributed by atoms with Gasteiger partial charge in [0.2, 0.25) is 0 Å². The Morgan fingerprint density at radius 2 is 1.47 bits per heavy atom. The minimum Gasteiger partial charge on any atom is -0.494 e. The Labute approximate surface area is 261 Å². The number of fused-ring (bicyclic) bond motifs is 2. The zero-order valence-electron chi connectivity index (χ0n) is 25.7. The van der Waals surface area contributed by atoms with E-state index in [4.69, 9.17) is 23.7 Å². The normalized spacial score (nSPS) is 17.2. The zero-order chi connectivity index (χ0) is 32.3. The van der Waals surface area contributed by atoms with E-state index >= 15 is 0 Å². The van der Waals surface area contributed by atoms with E-state index in [1.165, 1.54) is 21.3 Å². The molecule has 0 saturated heterocycles. The van der Waals surface area contributed by atoms with Crippen LogP contribution in [0.15, 0.2) is 36.4 Å². The molecule has 0 fully saturated rings. The van der Waals surface area contributed by atoms with Gasteiger partial charge in [0.25, 0.3) is 0 Å². The van der Waals surface area contributed by atoms with Crippen LogP contribution in [0, 0.1) is 5.92 Å². The lowest BCUT2D eigenvalue weighted by Crippen LogP contribution is -2.36. The second kappa shape index (κ2) is 16.1. The van der Waals surface area contributed by atoms with Gasteiger partial charge in [-0.1, -0.05) is 12.2 Å². The van der Waals surface area contributed by atoms with Crippen LogP contribution in [-0.4, -0.2) is 82.1 Å². The maximum atomic E-state index is 13.6. The lowest BCUT2D eigenvalue weighted by atomic mass is 9.90. The fourth-order valence-electron chi connectivity index (χ4n) is 5.10. The Kier molecular flexibility index (Phi) is 11.9. The van der Waals surface area contributed by atoms with Crippen molar-refractivity contribution in [3.63, 3.8) is 0 Å². The van der Waals surface area contributed by atoms with Gasteiger partial charge in [0.1, 0.15) is 23.2 Å². The predicted octanol–water partition coefficient (Wildman–Crippen LogP) is 3.98. The SMILES string of the molecule is COC(=O)CCCOc1cc2c(c(OCCCC(=O)OC)c1)NC(C1C(=O)c3ccc(OCCCC(O)OC)cc3C1=O)C=C2. The van der Waals surface area contributed by atoms with Gasteiger partial charge in [0.15, 0.2) is 17.9 Å². The van der Waals surface area contributed by atoms with Crippen LogP contribution in [-0.2, 0) is 23.8 Å². The number of carbonyl (C=O) groups is 4. The molecule has 45 heavy (non-hydrogen) atoms. The summed E-state index contributed by atoms with van der Waals surface area (Å²) in [5.41, 5.74) is 1.95. The second-order valence-corrected chi connectivity index (χ2v) is 10.6. The molecule has 4 rings (SSSR count). The molecule has 2 aliphatic rings. The van der Waals surface area contributed by atoms with Crippen molar-refractivity contribution in [1.29, 1.82) is 0 Å². The van der Waals surface area contributed by atoms with Gasteiger partial charge in [0, 0.05) is 49.1 Å². The van der Waals surface area contributed by atoms with E-state index in [1.807, 2.05) is 6.08 Å². The number of nitrogens with one attached hydrogen (secondary N) is 1. The van der Waals surface area contributed by atoms with Gasteiger partial charge in [-0.05, 0) is 43.5 Å². The molecule has 0 radical (unpaired) electrons. The van der Waals surface area contributed by atoms with E-state index in [9.17, 15) is 24.3 Å². The second-order valence-electron chi connectivity index (χ2n) is 10.6. The highest BCUT2D eigenvalue weighted by Crippen LogP contribution is 2.41. The van der Waals surface area contributed by atoms with Crippen LogP contribution in [0.4, 0.5) is 5.69 Å². The van der Waals surface area contributed by atoms with Gasteiger partial charge in [-0.3, -0.25) is 19.2 Å². The Morgan fingerprint density at radius 3 is 2.16 bits per heavy atom. The van der Waals surface area contributed by atoms with Gasteiger partial charge < -0.3 is 38.8 Å². The minimum atomic E-state index is -0.988. The van der Waals surface area contributed by atoms with E-state index in [1.54, 1.807) is 36.4 Å². The number of hydrogen-bond acceptors (Lipinski definition) is 12. The molecular formula is C33H39NO11. The van der Waals surface area contributed by atoms with Crippen molar-refractivity contribution in [1.82, 2.24) is 0 Å². The number of ketones is 2. The Hall–Kier alpha value is -4.42. The van der Waals surface area contributed by atoms with Crippen LogP contribution in [0.3, 0.4) is 0 Å². The van der Waals surface area contributed by atoms with Crippen molar-refractivity contribution in [2.75, 3.05) is 46.5 Å². The standard InChI is InChI=1S/C33H39NO11/c1-40-27(35)7-4-14-43-21-11-12-23-24(18-21)33(39)30(32(23)38)25-13-10-20-17-22(44-15-5-8-28(36)41-2)19-26(31(20)34-25)45-16-6-9-29(37)42-3/h10-13,17-19,25,27,30,34-35H,4-9,14-16H2,1-3H3. The molecule has 0 amide bonds. The third-order valence-electron chi connectivity index (χ3n) is 7.51. The van der Waals surface area contributed by atoms with Gasteiger partial charge in [-0.15, -0.1) is 0 Å². The van der Waals surface area contributed by atoms with E-state index in [2.05, 4.69) is 10.1 Å². The number of esters is 2. The number of anilines is 1. The molecule has 12 heteroatoms. The number of benzene rings is 2. The molecule has 1 aliphatic heterocycles. The number of aliphatic hydroxyl groups is 1. The molecule has 3 atom stereocenters. The van der Waals surface area contributed by atoms with Gasteiger partial charge in [-0.2, -0.15) is 0 Å². The van der Waals surface area contributed by atoms with E-state index in [0.29, 0.717) is 66.4 Å². The van der Waals surface area contributed by atoms with Crippen molar-refractivity contribution in [2.24, 2.45) is 5.92 Å². The van der Waals surface area contributed by atoms with Crippen LogP contribution in [0.2, 0.25) is 0 Å². The molecular weight excluding hydrogens is 586 g/mol. The Morgan fingerprint density at radius 1 is 0.822 bits per heavy atom. The predicted molar refractivity (Wildman–Crippen MR) is 163 cm³/mol. The van der Waals surface area contributed by atoms with Crippen LogP contribution >= 0.6 is 0 Å².